The fourth-order valence-corrected chi connectivity index (χ4v) is 5.46. The van der Waals surface area contributed by atoms with E-state index in [2.05, 4.69) is 19.2 Å². The van der Waals surface area contributed by atoms with E-state index in [9.17, 15) is 24.0 Å². The third-order valence-electron chi connectivity index (χ3n) is 7.21. The van der Waals surface area contributed by atoms with Gasteiger partial charge in [-0.15, -0.1) is 0 Å². The summed E-state index contributed by atoms with van der Waals surface area (Å²) < 4.78 is 58.3. The minimum atomic E-state index is -1.38. The van der Waals surface area contributed by atoms with Crippen molar-refractivity contribution in [2.75, 3.05) is 19.8 Å². The Morgan fingerprint density at radius 1 is 0.804 bits per heavy atom. The highest BCUT2D eigenvalue weighted by molar-refractivity contribution is 5.73. The standard InChI is InChI=1S/C30H47NO15/c1-14(2)10-11-37-26-24(44-29-27(26)45-30(8,9)46-29)20(40-17(5)34)13-39-28-22(31-15(3)32)25(42-19(7)36)23(41-18(6)35)21(43-28)12-38-16(4)33/h14,20-29H,10-13H2,1-9H3,(H,31,32)/t20-,21+,22-,23-,24-,25+,26+,27+,28+,29+/m0/s1. The predicted molar refractivity (Wildman–Crippen MR) is 153 cm³/mol. The Labute approximate surface area is 268 Å². The second-order valence-electron chi connectivity index (χ2n) is 12.3. The lowest BCUT2D eigenvalue weighted by Gasteiger charge is -2.45. The van der Waals surface area contributed by atoms with Crippen molar-refractivity contribution in [3.8, 4) is 0 Å². The van der Waals surface area contributed by atoms with Crippen LogP contribution in [0, 0.1) is 5.92 Å². The summed E-state index contributed by atoms with van der Waals surface area (Å²) in [7, 11) is 0. The van der Waals surface area contributed by atoms with Gasteiger partial charge in [0.25, 0.3) is 0 Å². The molecule has 0 unspecified atom stereocenters. The van der Waals surface area contributed by atoms with Crippen LogP contribution in [0.25, 0.3) is 0 Å². The number of rotatable bonds is 14. The second kappa shape index (κ2) is 16.3. The molecule has 0 aliphatic carbocycles. The lowest BCUT2D eigenvalue weighted by molar-refractivity contribution is -0.287. The topological polar surface area (TPSA) is 190 Å². The molecule has 3 heterocycles. The summed E-state index contributed by atoms with van der Waals surface area (Å²) in [6, 6.07) is -1.22. The molecule has 1 N–H and O–H groups in total. The minimum absolute atomic E-state index is 0.358. The van der Waals surface area contributed by atoms with E-state index in [4.69, 9.17) is 47.4 Å². The van der Waals surface area contributed by atoms with Gasteiger partial charge in [-0.05, 0) is 26.2 Å². The van der Waals surface area contributed by atoms with Crippen molar-refractivity contribution < 1.29 is 71.3 Å². The van der Waals surface area contributed by atoms with E-state index in [0.29, 0.717) is 12.5 Å². The third kappa shape index (κ3) is 10.6. The number of carbonyl (C=O) groups is 5. The van der Waals surface area contributed by atoms with Gasteiger partial charge in [-0.2, -0.15) is 0 Å². The molecule has 0 bridgehead atoms. The maximum Gasteiger partial charge on any atom is 0.303 e. The third-order valence-corrected chi connectivity index (χ3v) is 7.21. The van der Waals surface area contributed by atoms with Crippen molar-refractivity contribution in [2.45, 2.75) is 136 Å². The van der Waals surface area contributed by atoms with Crippen LogP contribution < -0.4 is 5.32 Å². The van der Waals surface area contributed by atoms with Crippen LogP contribution in [0.5, 0.6) is 0 Å². The van der Waals surface area contributed by atoms with E-state index in [1.54, 1.807) is 13.8 Å². The minimum Gasteiger partial charge on any atom is -0.463 e. The van der Waals surface area contributed by atoms with Gasteiger partial charge in [-0.1, -0.05) is 13.8 Å². The van der Waals surface area contributed by atoms with Gasteiger partial charge in [0.15, 0.2) is 36.7 Å². The molecule has 0 aromatic carbocycles. The van der Waals surface area contributed by atoms with E-state index in [-0.39, 0.29) is 6.61 Å². The summed E-state index contributed by atoms with van der Waals surface area (Å²) in [6.45, 7) is 13.1. The Morgan fingerprint density at radius 2 is 1.46 bits per heavy atom. The summed E-state index contributed by atoms with van der Waals surface area (Å²) in [5.41, 5.74) is 0. The monoisotopic (exact) mass is 661 g/mol. The van der Waals surface area contributed by atoms with Crippen LogP contribution >= 0.6 is 0 Å². The van der Waals surface area contributed by atoms with Crippen LogP contribution in [0.4, 0.5) is 0 Å². The van der Waals surface area contributed by atoms with Crippen LogP contribution in [0.2, 0.25) is 0 Å². The zero-order valence-corrected chi connectivity index (χ0v) is 27.8. The van der Waals surface area contributed by atoms with E-state index in [1.165, 1.54) is 20.8 Å². The highest BCUT2D eigenvalue weighted by Crippen LogP contribution is 2.40. The maximum atomic E-state index is 12.3. The van der Waals surface area contributed by atoms with Crippen molar-refractivity contribution in [1.82, 2.24) is 5.32 Å². The molecule has 10 atom stereocenters. The van der Waals surface area contributed by atoms with Crippen molar-refractivity contribution in [3.05, 3.63) is 0 Å². The summed E-state index contributed by atoms with van der Waals surface area (Å²) in [6.07, 6.45) is -8.58. The molecule has 16 nitrogen and oxygen atoms in total. The zero-order chi connectivity index (χ0) is 34.3. The molecule has 16 heteroatoms. The zero-order valence-electron chi connectivity index (χ0n) is 27.8. The van der Waals surface area contributed by atoms with Crippen molar-refractivity contribution >= 4 is 29.8 Å². The van der Waals surface area contributed by atoms with Gasteiger partial charge >= 0.3 is 23.9 Å². The number of carbonyl (C=O) groups excluding carboxylic acids is 5. The molecular formula is C30H47NO15. The molecule has 3 saturated heterocycles. The predicted octanol–water partition coefficient (Wildman–Crippen LogP) is 0.899. The van der Waals surface area contributed by atoms with Gasteiger partial charge in [0.2, 0.25) is 5.91 Å². The average molecular weight is 662 g/mol. The molecule has 3 aliphatic heterocycles. The molecule has 0 aromatic rings. The van der Waals surface area contributed by atoms with Gasteiger partial charge < -0.3 is 52.7 Å². The molecule has 262 valence electrons. The number of esters is 4. The fourth-order valence-electron chi connectivity index (χ4n) is 5.46. The molecule has 46 heavy (non-hydrogen) atoms. The second-order valence-corrected chi connectivity index (χ2v) is 12.3. The van der Waals surface area contributed by atoms with E-state index >= 15 is 0 Å². The normalized spacial score (nSPS) is 32.3. The smallest absolute Gasteiger partial charge is 0.303 e. The summed E-state index contributed by atoms with van der Waals surface area (Å²) in [4.78, 5) is 60.4. The van der Waals surface area contributed by atoms with E-state index in [1.807, 2.05) is 0 Å². The first-order valence-electron chi connectivity index (χ1n) is 15.3. The number of amides is 1. The number of nitrogens with one attached hydrogen (secondary N) is 1. The van der Waals surface area contributed by atoms with Crippen LogP contribution in [-0.4, -0.2) is 117 Å². The molecule has 3 fully saturated rings. The molecular weight excluding hydrogens is 614 g/mol. The Morgan fingerprint density at radius 3 is 2.02 bits per heavy atom. The van der Waals surface area contributed by atoms with Crippen molar-refractivity contribution in [2.24, 2.45) is 5.92 Å². The Hall–Kier alpha value is -2.89. The molecule has 0 radical (unpaired) electrons. The van der Waals surface area contributed by atoms with Gasteiger partial charge in [-0.25, -0.2) is 0 Å². The van der Waals surface area contributed by atoms with Gasteiger partial charge in [0.1, 0.15) is 37.1 Å². The first-order chi connectivity index (χ1) is 21.5. The molecule has 0 saturated carbocycles. The Balaban J connectivity index is 1.91. The number of hydrogen-bond acceptors (Lipinski definition) is 15. The van der Waals surface area contributed by atoms with E-state index < -0.39 is 104 Å². The van der Waals surface area contributed by atoms with Crippen LogP contribution in [0.1, 0.15) is 68.7 Å². The highest BCUT2D eigenvalue weighted by atomic mass is 16.8. The van der Waals surface area contributed by atoms with Crippen LogP contribution in [0.15, 0.2) is 0 Å². The highest BCUT2D eigenvalue weighted by Gasteiger charge is 2.58. The Bertz CT molecular complexity index is 1100. The van der Waals surface area contributed by atoms with Gasteiger partial charge in [0.05, 0.1) is 6.61 Å². The summed E-state index contributed by atoms with van der Waals surface area (Å²) in [5.74, 6) is -3.90. The summed E-state index contributed by atoms with van der Waals surface area (Å²) in [5, 5.41) is 2.63. The van der Waals surface area contributed by atoms with Crippen molar-refractivity contribution in [1.29, 1.82) is 0 Å². The fraction of sp³-hybridized carbons (Fsp3) is 0.833. The first-order valence-corrected chi connectivity index (χ1v) is 15.3. The lowest BCUT2D eigenvalue weighted by atomic mass is 9.96. The lowest BCUT2D eigenvalue weighted by Crippen LogP contribution is -2.67. The maximum absolute atomic E-state index is 12.3. The summed E-state index contributed by atoms with van der Waals surface area (Å²) >= 11 is 0. The molecule has 3 aliphatic rings. The molecule has 0 aromatic heterocycles. The average Bonchev–Trinajstić information content (AvgIpc) is 3.38. The SMILES string of the molecule is CC(=O)N[C@@H]1[C@H](OC[C@H](OC(C)=O)[C@@H]2O[C@@H]3OC(C)(C)O[C@@H]3[C@@H]2OCCC(C)C)O[C@H](COC(C)=O)[C@H](OC(C)=O)[C@@H]1OC(C)=O. The Kier molecular flexibility index (Phi) is 13.3. The number of hydrogen-bond donors (Lipinski definition) is 1. The van der Waals surface area contributed by atoms with E-state index in [0.717, 1.165) is 20.3 Å². The first kappa shape index (κ1) is 37.6. The van der Waals surface area contributed by atoms with Crippen LogP contribution in [0.3, 0.4) is 0 Å². The molecule has 0 spiro atoms. The van der Waals surface area contributed by atoms with Gasteiger partial charge in [-0.3, -0.25) is 24.0 Å². The largest absolute Gasteiger partial charge is 0.463 e. The number of ether oxygens (including phenoxy) is 10. The van der Waals surface area contributed by atoms with Crippen LogP contribution in [-0.2, 0) is 71.3 Å². The number of fused-ring (bicyclic) bond motifs is 1. The van der Waals surface area contributed by atoms with Crippen molar-refractivity contribution in [3.63, 3.8) is 0 Å². The quantitative estimate of drug-likeness (QED) is 0.204. The van der Waals surface area contributed by atoms with Gasteiger partial charge in [0, 0.05) is 41.2 Å². The molecule has 3 rings (SSSR count). The molecule has 1 amide bonds.